The highest BCUT2D eigenvalue weighted by atomic mass is 32.1. The third-order valence-corrected chi connectivity index (χ3v) is 6.32. The molecular weight excluding hydrogens is 429 g/mol. The van der Waals surface area contributed by atoms with Crippen LogP contribution in [0.4, 0.5) is 9.52 Å². The lowest BCUT2D eigenvalue weighted by Gasteiger charge is -2.22. The van der Waals surface area contributed by atoms with Crippen molar-refractivity contribution in [1.82, 2.24) is 9.97 Å². The summed E-state index contributed by atoms with van der Waals surface area (Å²) < 4.78 is 14.3. The number of fused-ring (bicyclic) bond motifs is 1. The van der Waals surface area contributed by atoms with E-state index in [4.69, 9.17) is 0 Å². The molecule has 1 atom stereocenters. The molecule has 158 valence electrons. The molecule has 1 N–H and O–H groups in total. The van der Waals surface area contributed by atoms with Crippen molar-refractivity contribution < 1.29 is 19.1 Å². The number of ketones is 1. The quantitative estimate of drug-likeness (QED) is 0.279. The van der Waals surface area contributed by atoms with E-state index >= 15 is 0 Å². The number of carbonyl (C=O) groups is 2. The molecule has 1 amide bonds. The van der Waals surface area contributed by atoms with E-state index in [0.29, 0.717) is 16.2 Å². The van der Waals surface area contributed by atoms with Gasteiger partial charge in [0.15, 0.2) is 5.13 Å². The molecule has 1 aliphatic heterocycles. The van der Waals surface area contributed by atoms with Gasteiger partial charge in [-0.25, -0.2) is 9.37 Å². The number of thiazole rings is 1. The zero-order chi connectivity index (χ0) is 22.4. The number of nitrogens with zero attached hydrogens (tertiary/aromatic N) is 3. The molecule has 0 saturated carbocycles. The van der Waals surface area contributed by atoms with E-state index in [2.05, 4.69) is 9.97 Å². The molecule has 1 saturated heterocycles. The van der Waals surface area contributed by atoms with Crippen molar-refractivity contribution in [3.63, 3.8) is 0 Å². The Morgan fingerprint density at radius 3 is 2.62 bits per heavy atom. The Morgan fingerprint density at radius 2 is 1.91 bits per heavy atom. The van der Waals surface area contributed by atoms with Crippen LogP contribution in [0.1, 0.15) is 22.7 Å². The summed E-state index contributed by atoms with van der Waals surface area (Å²) in [4.78, 5) is 36.2. The van der Waals surface area contributed by atoms with Crippen LogP contribution < -0.4 is 4.90 Å². The Balaban J connectivity index is 1.72. The first-order valence-corrected chi connectivity index (χ1v) is 10.6. The summed E-state index contributed by atoms with van der Waals surface area (Å²) in [5, 5.41) is 11.3. The van der Waals surface area contributed by atoms with Gasteiger partial charge < -0.3 is 5.11 Å². The number of benzene rings is 2. The predicted molar refractivity (Wildman–Crippen MR) is 120 cm³/mol. The van der Waals surface area contributed by atoms with Crippen LogP contribution in [0.3, 0.4) is 0 Å². The van der Waals surface area contributed by atoms with E-state index in [9.17, 15) is 19.1 Å². The van der Waals surface area contributed by atoms with Gasteiger partial charge in [0.2, 0.25) is 0 Å². The summed E-state index contributed by atoms with van der Waals surface area (Å²) in [6, 6.07) is 13.3. The maximum Gasteiger partial charge on any atom is 0.301 e. The fourth-order valence-electron chi connectivity index (χ4n) is 3.77. The zero-order valence-corrected chi connectivity index (χ0v) is 17.6. The van der Waals surface area contributed by atoms with Crippen LogP contribution in [0.25, 0.3) is 16.0 Å². The fourth-order valence-corrected chi connectivity index (χ4v) is 4.86. The average molecular weight is 445 g/mol. The number of rotatable bonds is 3. The fraction of sp³-hybridized carbons (Fsp3) is 0.0833. The van der Waals surface area contributed by atoms with Gasteiger partial charge in [-0.05, 0) is 60.5 Å². The normalized spacial score (nSPS) is 17.9. The molecule has 0 aliphatic carbocycles. The zero-order valence-electron chi connectivity index (χ0n) is 16.8. The Hall–Kier alpha value is -3.91. The molecule has 3 heterocycles. The smallest absolute Gasteiger partial charge is 0.301 e. The largest absolute Gasteiger partial charge is 0.507 e. The van der Waals surface area contributed by atoms with Crippen LogP contribution in [-0.4, -0.2) is 26.8 Å². The number of anilines is 1. The van der Waals surface area contributed by atoms with Gasteiger partial charge in [-0.15, -0.1) is 0 Å². The average Bonchev–Trinajstić information content (AvgIpc) is 3.32. The Bertz CT molecular complexity index is 1400. The molecular formula is C24H16FN3O3S. The molecule has 1 unspecified atom stereocenters. The van der Waals surface area contributed by atoms with E-state index in [1.165, 1.54) is 40.5 Å². The van der Waals surface area contributed by atoms with Gasteiger partial charge in [0.25, 0.3) is 5.78 Å². The SMILES string of the molecule is Cc1ccc2nc(N3C(=O)C(=O)/C(=C(\O)c4ccc(F)cc4)C3c3cccnc3)sc2c1. The van der Waals surface area contributed by atoms with Crippen LogP contribution in [0.2, 0.25) is 0 Å². The van der Waals surface area contributed by atoms with Crippen molar-refractivity contribution in [2.45, 2.75) is 13.0 Å². The van der Waals surface area contributed by atoms with Crippen LogP contribution in [-0.2, 0) is 9.59 Å². The molecule has 4 aromatic rings. The summed E-state index contributed by atoms with van der Waals surface area (Å²) in [5.74, 6) is -2.48. The van der Waals surface area contributed by atoms with Gasteiger partial charge in [-0.1, -0.05) is 23.5 Å². The summed E-state index contributed by atoms with van der Waals surface area (Å²) >= 11 is 1.29. The van der Waals surface area contributed by atoms with E-state index in [0.717, 1.165) is 10.3 Å². The lowest BCUT2D eigenvalue weighted by Crippen LogP contribution is -2.29. The first-order chi connectivity index (χ1) is 15.4. The predicted octanol–water partition coefficient (Wildman–Crippen LogP) is 4.77. The molecule has 1 fully saturated rings. The molecule has 2 aromatic carbocycles. The highest BCUT2D eigenvalue weighted by Gasteiger charge is 2.48. The number of aromatic nitrogens is 2. The van der Waals surface area contributed by atoms with E-state index in [1.54, 1.807) is 24.5 Å². The Kier molecular flexibility index (Phi) is 4.79. The number of aryl methyl sites for hydroxylation is 1. The number of aliphatic hydroxyl groups is 1. The summed E-state index contributed by atoms with van der Waals surface area (Å²) in [5.41, 5.74) is 2.45. The minimum Gasteiger partial charge on any atom is -0.507 e. The molecule has 6 nitrogen and oxygen atoms in total. The Labute approximate surface area is 186 Å². The summed E-state index contributed by atoms with van der Waals surface area (Å²) in [7, 11) is 0. The number of Topliss-reactive ketones (excluding diaryl/α,β-unsaturated/α-hetero) is 1. The first-order valence-electron chi connectivity index (χ1n) is 9.78. The summed E-state index contributed by atoms with van der Waals surface area (Å²) in [6.07, 6.45) is 3.12. The molecule has 5 rings (SSSR count). The molecule has 2 aromatic heterocycles. The van der Waals surface area contributed by atoms with Crippen molar-refractivity contribution in [2.75, 3.05) is 4.90 Å². The summed E-state index contributed by atoms with van der Waals surface area (Å²) in [6.45, 7) is 1.96. The maximum atomic E-state index is 13.4. The van der Waals surface area contributed by atoms with Crippen molar-refractivity contribution in [2.24, 2.45) is 0 Å². The molecule has 1 aliphatic rings. The highest BCUT2D eigenvalue weighted by Crippen LogP contribution is 2.44. The molecule has 8 heteroatoms. The molecule has 0 spiro atoms. The van der Waals surface area contributed by atoms with Crippen LogP contribution in [0.5, 0.6) is 0 Å². The van der Waals surface area contributed by atoms with E-state index < -0.39 is 23.5 Å². The van der Waals surface area contributed by atoms with Gasteiger partial charge in [0.05, 0.1) is 21.8 Å². The monoisotopic (exact) mass is 445 g/mol. The third-order valence-electron chi connectivity index (χ3n) is 5.30. The van der Waals surface area contributed by atoms with E-state index in [1.807, 2.05) is 25.1 Å². The number of hydrogen-bond acceptors (Lipinski definition) is 6. The maximum absolute atomic E-state index is 13.4. The standard InChI is InChI=1S/C24H16FN3O3S/c1-13-4-9-17-18(11-13)32-24(27-17)28-20(15-3-2-10-26-12-15)19(22(30)23(28)31)21(29)14-5-7-16(25)8-6-14/h2-12,20,29H,1H3/b21-19-. The van der Waals surface area contributed by atoms with Crippen molar-refractivity contribution in [3.05, 3.63) is 95.1 Å². The van der Waals surface area contributed by atoms with Gasteiger partial charge in [-0.2, -0.15) is 0 Å². The van der Waals surface area contributed by atoms with Gasteiger partial charge in [0, 0.05) is 18.0 Å². The number of aliphatic hydroxyl groups excluding tert-OH is 1. The second-order valence-corrected chi connectivity index (χ2v) is 8.44. The number of pyridine rings is 1. The third kappa shape index (κ3) is 3.25. The number of carbonyl (C=O) groups excluding carboxylic acids is 2. The van der Waals surface area contributed by atoms with Crippen LogP contribution in [0.15, 0.2) is 72.6 Å². The van der Waals surface area contributed by atoms with E-state index in [-0.39, 0.29) is 16.9 Å². The van der Waals surface area contributed by atoms with Crippen LogP contribution >= 0.6 is 11.3 Å². The van der Waals surface area contributed by atoms with Crippen molar-refractivity contribution in [3.8, 4) is 0 Å². The molecule has 0 radical (unpaired) electrons. The first kappa shape index (κ1) is 20.0. The highest BCUT2D eigenvalue weighted by molar-refractivity contribution is 7.22. The topological polar surface area (TPSA) is 83.4 Å². The lowest BCUT2D eigenvalue weighted by molar-refractivity contribution is -0.132. The minimum absolute atomic E-state index is 0.0926. The number of hydrogen-bond donors (Lipinski definition) is 1. The van der Waals surface area contributed by atoms with Gasteiger partial charge in [0.1, 0.15) is 11.6 Å². The second-order valence-electron chi connectivity index (χ2n) is 7.43. The second kappa shape index (κ2) is 7.65. The number of halogens is 1. The van der Waals surface area contributed by atoms with Crippen molar-refractivity contribution in [1.29, 1.82) is 0 Å². The number of amides is 1. The van der Waals surface area contributed by atoms with Gasteiger partial charge in [-0.3, -0.25) is 19.5 Å². The van der Waals surface area contributed by atoms with Crippen molar-refractivity contribution >= 4 is 44.1 Å². The molecule has 32 heavy (non-hydrogen) atoms. The lowest BCUT2D eigenvalue weighted by atomic mass is 9.96. The minimum atomic E-state index is -0.921. The Morgan fingerprint density at radius 1 is 1.12 bits per heavy atom. The van der Waals surface area contributed by atoms with Gasteiger partial charge >= 0.3 is 5.91 Å². The molecule has 0 bridgehead atoms. The van der Waals surface area contributed by atoms with Crippen LogP contribution in [0, 0.1) is 12.7 Å².